The summed E-state index contributed by atoms with van der Waals surface area (Å²) >= 11 is 0. The number of nitrogens with two attached hydrogens (primary N) is 1. The number of esters is 1. The highest BCUT2D eigenvalue weighted by atomic mass is 35.5. The van der Waals surface area contributed by atoms with Crippen molar-refractivity contribution >= 4 is 30.0 Å². The molecule has 0 atom stereocenters. The van der Waals surface area contributed by atoms with Crippen LogP contribution in [0.5, 0.6) is 0 Å². The van der Waals surface area contributed by atoms with Crippen LogP contribution in [0.25, 0.3) is 0 Å². The number of hydrogen-bond donors (Lipinski definition) is 2. The molecule has 7 nitrogen and oxygen atoms in total. The molecule has 1 amide bonds. The van der Waals surface area contributed by atoms with Gasteiger partial charge in [0.05, 0.1) is 18.5 Å². The highest BCUT2D eigenvalue weighted by Gasteiger charge is 2.32. The molecular formula is C13H23ClN4O3. The second kappa shape index (κ2) is 8.63. The predicted molar refractivity (Wildman–Crippen MR) is 82.3 cm³/mol. The smallest absolute Gasteiger partial charge is 0.333 e. The van der Waals surface area contributed by atoms with E-state index in [1.54, 1.807) is 27.0 Å². The maximum absolute atomic E-state index is 11.9. The molecule has 0 aromatic carbocycles. The van der Waals surface area contributed by atoms with Gasteiger partial charge in [-0.1, -0.05) is 0 Å². The van der Waals surface area contributed by atoms with Crippen LogP contribution in [-0.2, 0) is 19.9 Å². The summed E-state index contributed by atoms with van der Waals surface area (Å²) in [6.45, 7) is 5.95. The molecule has 0 aliphatic heterocycles. The fraction of sp³-hybridized carbons (Fsp3) is 0.615. The minimum Gasteiger partial charge on any atom is -0.464 e. The van der Waals surface area contributed by atoms with Crippen LogP contribution in [0.1, 0.15) is 33.6 Å². The number of halogens is 1. The zero-order chi connectivity index (χ0) is 15.2. The minimum absolute atomic E-state index is 0. The lowest BCUT2D eigenvalue weighted by molar-refractivity contribution is -0.152. The number of nitrogens with zero attached hydrogens (tertiary/aromatic N) is 2. The first-order chi connectivity index (χ1) is 9.41. The summed E-state index contributed by atoms with van der Waals surface area (Å²) in [6.07, 6.45) is 4.11. The number of amides is 1. The Hall–Kier alpha value is -1.60. The lowest BCUT2D eigenvalue weighted by atomic mass is 10.1. The molecule has 0 spiro atoms. The number of nitrogens with one attached hydrogen (secondary N) is 1. The van der Waals surface area contributed by atoms with E-state index in [1.807, 2.05) is 0 Å². The van der Waals surface area contributed by atoms with Crippen LogP contribution in [0.3, 0.4) is 0 Å². The second-order valence-corrected chi connectivity index (χ2v) is 4.89. The van der Waals surface area contributed by atoms with E-state index in [9.17, 15) is 9.59 Å². The van der Waals surface area contributed by atoms with Crippen molar-refractivity contribution in [3.8, 4) is 0 Å². The molecule has 0 fully saturated rings. The van der Waals surface area contributed by atoms with Crippen molar-refractivity contribution in [2.45, 2.75) is 39.2 Å². The first-order valence-corrected chi connectivity index (χ1v) is 6.64. The normalized spacial score (nSPS) is 10.7. The molecule has 3 N–H and O–H groups in total. The Kier molecular flexibility index (Phi) is 7.98. The van der Waals surface area contributed by atoms with Crippen molar-refractivity contribution in [1.29, 1.82) is 0 Å². The van der Waals surface area contributed by atoms with Crippen LogP contribution in [0, 0.1) is 0 Å². The Morgan fingerprint density at radius 3 is 2.71 bits per heavy atom. The van der Waals surface area contributed by atoms with Crippen LogP contribution in [0.2, 0.25) is 0 Å². The maximum atomic E-state index is 11.9. The Bertz CT molecular complexity index is 474. The number of ether oxygens (including phenoxy) is 1. The summed E-state index contributed by atoms with van der Waals surface area (Å²) in [7, 11) is 0. The average molecular weight is 319 g/mol. The molecular weight excluding hydrogens is 296 g/mol. The van der Waals surface area contributed by atoms with E-state index in [4.69, 9.17) is 10.5 Å². The molecule has 1 aromatic rings. The molecule has 21 heavy (non-hydrogen) atoms. The molecule has 0 aliphatic carbocycles. The van der Waals surface area contributed by atoms with Gasteiger partial charge >= 0.3 is 5.97 Å². The standard InChI is InChI=1S/C13H22N4O3.ClH/c1-4-20-12(19)13(2,3)17-9-10(8-15-17)16-11(18)6-5-7-14;/h8-9H,4-7,14H2,1-3H3,(H,16,18);1H. The lowest BCUT2D eigenvalue weighted by Crippen LogP contribution is -2.37. The van der Waals surface area contributed by atoms with Gasteiger partial charge in [-0.3, -0.25) is 9.48 Å². The fourth-order valence-electron chi connectivity index (χ4n) is 1.58. The third-order valence-corrected chi connectivity index (χ3v) is 2.82. The molecule has 0 saturated heterocycles. The zero-order valence-electron chi connectivity index (χ0n) is 12.6. The van der Waals surface area contributed by atoms with Gasteiger partial charge in [-0.15, -0.1) is 12.4 Å². The monoisotopic (exact) mass is 318 g/mol. The van der Waals surface area contributed by atoms with Crippen molar-refractivity contribution in [1.82, 2.24) is 9.78 Å². The van der Waals surface area contributed by atoms with E-state index in [-0.39, 0.29) is 24.3 Å². The molecule has 0 aliphatic rings. The highest BCUT2D eigenvalue weighted by molar-refractivity contribution is 5.90. The van der Waals surface area contributed by atoms with Gasteiger partial charge in [-0.25, -0.2) is 4.79 Å². The summed E-state index contributed by atoms with van der Waals surface area (Å²) in [5, 5.41) is 6.81. The number of carbonyl (C=O) groups is 2. The third kappa shape index (κ3) is 5.35. The number of hydrogen-bond acceptors (Lipinski definition) is 5. The summed E-state index contributed by atoms with van der Waals surface area (Å²) in [5.41, 5.74) is 4.97. The summed E-state index contributed by atoms with van der Waals surface area (Å²) < 4.78 is 6.48. The Balaban J connectivity index is 0.00000400. The molecule has 1 rings (SSSR count). The Morgan fingerprint density at radius 2 is 2.14 bits per heavy atom. The van der Waals surface area contributed by atoms with Gasteiger partial charge in [0.25, 0.3) is 0 Å². The average Bonchev–Trinajstić information content (AvgIpc) is 2.85. The SMILES string of the molecule is CCOC(=O)C(C)(C)n1cc(NC(=O)CCCN)cn1.Cl. The first-order valence-electron chi connectivity index (χ1n) is 6.64. The van der Waals surface area contributed by atoms with Gasteiger partial charge < -0.3 is 15.8 Å². The summed E-state index contributed by atoms with van der Waals surface area (Å²) in [5.74, 6) is -0.493. The molecule has 0 bridgehead atoms. The quantitative estimate of drug-likeness (QED) is 0.738. The van der Waals surface area contributed by atoms with Gasteiger partial charge in [-0.2, -0.15) is 5.10 Å². The largest absolute Gasteiger partial charge is 0.464 e. The molecule has 0 saturated carbocycles. The Morgan fingerprint density at radius 1 is 1.48 bits per heavy atom. The summed E-state index contributed by atoms with van der Waals surface area (Å²) in [6, 6.07) is 0. The van der Waals surface area contributed by atoms with E-state index in [1.165, 1.54) is 10.9 Å². The van der Waals surface area contributed by atoms with Crippen LogP contribution in [-0.4, -0.2) is 34.8 Å². The molecule has 0 radical (unpaired) electrons. The molecule has 8 heteroatoms. The van der Waals surface area contributed by atoms with E-state index in [0.717, 1.165) is 0 Å². The van der Waals surface area contributed by atoms with Gasteiger partial charge in [0.2, 0.25) is 5.91 Å². The van der Waals surface area contributed by atoms with Gasteiger partial charge in [0, 0.05) is 12.6 Å². The molecule has 1 heterocycles. The third-order valence-electron chi connectivity index (χ3n) is 2.82. The van der Waals surface area contributed by atoms with E-state index in [0.29, 0.717) is 31.7 Å². The number of anilines is 1. The van der Waals surface area contributed by atoms with Gasteiger partial charge in [-0.05, 0) is 33.7 Å². The van der Waals surface area contributed by atoms with Crippen LogP contribution < -0.4 is 11.1 Å². The number of aromatic nitrogens is 2. The zero-order valence-corrected chi connectivity index (χ0v) is 13.4. The van der Waals surface area contributed by atoms with E-state index in [2.05, 4.69) is 10.4 Å². The van der Waals surface area contributed by atoms with E-state index < -0.39 is 5.54 Å². The molecule has 1 aromatic heterocycles. The van der Waals surface area contributed by atoms with Gasteiger partial charge in [0.15, 0.2) is 5.54 Å². The van der Waals surface area contributed by atoms with Crippen molar-refractivity contribution in [3.63, 3.8) is 0 Å². The second-order valence-electron chi connectivity index (χ2n) is 4.89. The summed E-state index contributed by atoms with van der Waals surface area (Å²) in [4.78, 5) is 23.4. The Labute approximate surface area is 130 Å². The van der Waals surface area contributed by atoms with Crippen LogP contribution in [0.15, 0.2) is 12.4 Å². The van der Waals surface area contributed by atoms with Crippen LogP contribution in [0.4, 0.5) is 5.69 Å². The first kappa shape index (κ1) is 19.4. The molecule has 0 unspecified atom stereocenters. The predicted octanol–water partition coefficient (Wildman–Crippen LogP) is 1.28. The van der Waals surface area contributed by atoms with Gasteiger partial charge in [0.1, 0.15) is 0 Å². The van der Waals surface area contributed by atoms with Crippen molar-refractivity contribution in [3.05, 3.63) is 12.4 Å². The maximum Gasteiger partial charge on any atom is 0.333 e. The van der Waals surface area contributed by atoms with E-state index >= 15 is 0 Å². The van der Waals surface area contributed by atoms with Crippen LogP contribution >= 0.6 is 12.4 Å². The topological polar surface area (TPSA) is 99.2 Å². The fourth-order valence-corrected chi connectivity index (χ4v) is 1.58. The van der Waals surface area contributed by atoms with Crippen molar-refractivity contribution in [2.24, 2.45) is 5.73 Å². The lowest BCUT2D eigenvalue weighted by Gasteiger charge is -2.22. The number of carbonyl (C=O) groups excluding carboxylic acids is 2. The molecule has 120 valence electrons. The van der Waals surface area contributed by atoms with Crippen molar-refractivity contribution < 1.29 is 14.3 Å². The number of rotatable bonds is 7. The van der Waals surface area contributed by atoms with Crippen molar-refractivity contribution in [2.75, 3.05) is 18.5 Å². The highest BCUT2D eigenvalue weighted by Crippen LogP contribution is 2.19. The minimum atomic E-state index is -0.920.